The first-order chi connectivity index (χ1) is 14.9. The maximum atomic E-state index is 11.9. The summed E-state index contributed by atoms with van der Waals surface area (Å²) in [7, 11) is 0. The number of ether oxygens (including phenoxy) is 5. The number of nitrogens with one attached hydrogen (secondary N) is 1. The number of carboxylic acid groups (broad SMARTS) is 1. The van der Waals surface area contributed by atoms with Gasteiger partial charge in [0, 0.05) is 26.7 Å². The van der Waals surface area contributed by atoms with Gasteiger partial charge in [-0.25, -0.2) is 4.79 Å². The van der Waals surface area contributed by atoms with Crippen molar-refractivity contribution in [1.82, 2.24) is 5.32 Å². The largest absolute Gasteiger partial charge is 0.480 e. The van der Waals surface area contributed by atoms with Crippen LogP contribution in [-0.4, -0.2) is 80.7 Å². The average molecular weight is 448 g/mol. The van der Waals surface area contributed by atoms with Gasteiger partial charge in [0.25, 0.3) is 0 Å². The van der Waals surface area contributed by atoms with Crippen molar-refractivity contribution in [2.75, 3.05) is 33.0 Å². The quantitative estimate of drug-likeness (QED) is 0.327. The average Bonchev–Trinajstić information content (AvgIpc) is 2.72. The molecule has 182 valence electrons. The van der Waals surface area contributed by atoms with Crippen LogP contribution in [0.25, 0.3) is 0 Å². The SMILES string of the molecule is CCCCOCC1O[C@H](OCCCC)C(NC(C)=O)[C@@H](OCC(=O)O)[C@@H]1OCCCC. The van der Waals surface area contributed by atoms with Gasteiger partial charge in [0.1, 0.15) is 31.0 Å². The van der Waals surface area contributed by atoms with E-state index in [0.29, 0.717) is 19.8 Å². The summed E-state index contributed by atoms with van der Waals surface area (Å²) in [6.07, 6.45) is 2.86. The summed E-state index contributed by atoms with van der Waals surface area (Å²) in [6.45, 7) is 8.86. The number of carbonyl (C=O) groups is 2. The molecule has 1 aliphatic heterocycles. The Kier molecular flexibility index (Phi) is 14.7. The van der Waals surface area contributed by atoms with E-state index in [1.54, 1.807) is 0 Å². The highest BCUT2D eigenvalue weighted by molar-refractivity contribution is 5.73. The Labute approximate surface area is 186 Å². The predicted octanol–water partition coefficient (Wildman–Crippen LogP) is 2.50. The second-order valence-electron chi connectivity index (χ2n) is 7.78. The Balaban J connectivity index is 3.10. The zero-order valence-corrected chi connectivity index (χ0v) is 19.5. The summed E-state index contributed by atoms with van der Waals surface area (Å²) in [6, 6.07) is -0.702. The number of hydrogen-bond acceptors (Lipinski definition) is 7. The smallest absolute Gasteiger partial charge is 0.329 e. The molecule has 1 aliphatic rings. The van der Waals surface area contributed by atoms with Crippen molar-refractivity contribution in [3.8, 4) is 0 Å². The summed E-state index contributed by atoms with van der Waals surface area (Å²) in [5.41, 5.74) is 0. The number of hydrogen-bond donors (Lipinski definition) is 2. The molecule has 2 unspecified atom stereocenters. The molecule has 31 heavy (non-hydrogen) atoms. The van der Waals surface area contributed by atoms with Crippen LogP contribution < -0.4 is 5.32 Å². The standard InChI is InChI=1S/C22H41NO8/c1-5-8-11-27-14-17-20(28-12-9-6-2)21(30-15-18(25)26)19(23-16(4)24)22(31-17)29-13-10-7-3/h17,19-22H,5-15H2,1-4H3,(H,23,24)(H,25,26)/t17?,19?,20-,21-,22+/m1/s1. The van der Waals surface area contributed by atoms with Gasteiger partial charge >= 0.3 is 5.97 Å². The number of carboxylic acids is 1. The second-order valence-corrected chi connectivity index (χ2v) is 7.78. The van der Waals surface area contributed by atoms with E-state index in [0.717, 1.165) is 38.5 Å². The van der Waals surface area contributed by atoms with E-state index in [1.807, 2.05) is 0 Å². The van der Waals surface area contributed by atoms with E-state index in [1.165, 1.54) is 6.92 Å². The van der Waals surface area contributed by atoms with Crippen LogP contribution in [0, 0.1) is 0 Å². The monoisotopic (exact) mass is 447 g/mol. The lowest BCUT2D eigenvalue weighted by Crippen LogP contribution is -2.66. The molecular weight excluding hydrogens is 406 g/mol. The van der Waals surface area contributed by atoms with Crippen molar-refractivity contribution < 1.29 is 38.4 Å². The Morgan fingerprint density at radius 2 is 1.52 bits per heavy atom. The lowest BCUT2D eigenvalue weighted by Gasteiger charge is -2.46. The van der Waals surface area contributed by atoms with Gasteiger partial charge in [-0.15, -0.1) is 0 Å². The molecule has 1 saturated heterocycles. The maximum absolute atomic E-state index is 11.9. The number of unbranched alkanes of at least 4 members (excludes halogenated alkanes) is 3. The van der Waals surface area contributed by atoms with Crippen LogP contribution in [0.3, 0.4) is 0 Å². The van der Waals surface area contributed by atoms with Gasteiger partial charge < -0.3 is 34.1 Å². The van der Waals surface area contributed by atoms with E-state index in [-0.39, 0.29) is 12.5 Å². The third kappa shape index (κ3) is 10.7. The minimum Gasteiger partial charge on any atom is -0.480 e. The Hall–Kier alpha value is -1.26. The second kappa shape index (κ2) is 16.4. The molecule has 1 heterocycles. The Morgan fingerprint density at radius 1 is 0.903 bits per heavy atom. The molecule has 2 N–H and O–H groups in total. The third-order valence-electron chi connectivity index (χ3n) is 4.93. The lowest BCUT2D eigenvalue weighted by molar-refractivity contribution is -0.286. The van der Waals surface area contributed by atoms with E-state index >= 15 is 0 Å². The topological polar surface area (TPSA) is 113 Å². The Morgan fingerprint density at radius 3 is 2.10 bits per heavy atom. The number of carbonyl (C=O) groups excluding carboxylic acids is 1. The number of rotatable bonds is 17. The summed E-state index contributed by atoms with van der Waals surface area (Å²) >= 11 is 0. The van der Waals surface area contributed by atoms with Crippen molar-refractivity contribution in [2.45, 2.75) is 96.9 Å². The van der Waals surface area contributed by atoms with Gasteiger partial charge in [-0.1, -0.05) is 40.0 Å². The molecule has 0 aromatic heterocycles. The van der Waals surface area contributed by atoms with Crippen LogP contribution >= 0.6 is 0 Å². The number of amides is 1. The van der Waals surface area contributed by atoms with Gasteiger partial charge in [0.2, 0.25) is 5.91 Å². The fourth-order valence-corrected chi connectivity index (χ4v) is 3.29. The van der Waals surface area contributed by atoms with Crippen molar-refractivity contribution in [3.05, 3.63) is 0 Å². The summed E-state index contributed by atoms with van der Waals surface area (Å²) in [5.74, 6) is -1.38. The molecule has 0 bridgehead atoms. The first-order valence-electron chi connectivity index (χ1n) is 11.5. The van der Waals surface area contributed by atoms with Gasteiger partial charge in [-0.3, -0.25) is 4.79 Å². The first kappa shape index (κ1) is 27.8. The van der Waals surface area contributed by atoms with Gasteiger partial charge in [0.05, 0.1) is 6.61 Å². The lowest BCUT2D eigenvalue weighted by atomic mass is 9.96. The maximum Gasteiger partial charge on any atom is 0.329 e. The molecule has 1 rings (SSSR count). The van der Waals surface area contributed by atoms with Crippen molar-refractivity contribution in [1.29, 1.82) is 0 Å². The molecule has 0 aromatic carbocycles. The van der Waals surface area contributed by atoms with Crippen molar-refractivity contribution in [2.24, 2.45) is 0 Å². The van der Waals surface area contributed by atoms with Gasteiger partial charge in [0.15, 0.2) is 6.29 Å². The Bertz CT molecular complexity index is 504. The van der Waals surface area contributed by atoms with E-state index in [2.05, 4.69) is 26.1 Å². The van der Waals surface area contributed by atoms with Gasteiger partial charge in [-0.05, 0) is 19.3 Å². The molecule has 0 radical (unpaired) electrons. The summed E-state index contributed by atoms with van der Waals surface area (Å²) in [5, 5.41) is 12.0. The molecule has 0 aromatic rings. The molecule has 1 fully saturated rings. The summed E-state index contributed by atoms with van der Waals surface area (Å²) in [4.78, 5) is 23.1. The first-order valence-corrected chi connectivity index (χ1v) is 11.5. The fourth-order valence-electron chi connectivity index (χ4n) is 3.29. The molecule has 5 atom stereocenters. The normalized spacial score (nSPS) is 26.0. The van der Waals surface area contributed by atoms with Gasteiger partial charge in [-0.2, -0.15) is 0 Å². The van der Waals surface area contributed by atoms with E-state index < -0.39 is 43.2 Å². The molecule has 9 nitrogen and oxygen atoms in total. The van der Waals surface area contributed by atoms with Crippen LogP contribution in [0.1, 0.15) is 66.2 Å². The summed E-state index contributed by atoms with van der Waals surface area (Å²) < 4.78 is 29.8. The van der Waals surface area contributed by atoms with Crippen molar-refractivity contribution >= 4 is 11.9 Å². The predicted molar refractivity (Wildman–Crippen MR) is 115 cm³/mol. The van der Waals surface area contributed by atoms with Crippen LogP contribution in [0.2, 0.25) is 0 Å². The van der Waals surface area contributed by atoms with Crippen LogP contribution in [-0.2, 0) is 33.3 Å². The highest BCUT2D eigenvalue weighted by Gasteiger charge is 2.48. The third-order valence-corrected chi connectivity index (χ3v) is 4.93. The van der Waals surface area contributed by atoms with E-state index in [4.69, 9.17) is 23.7 Å². The zero-order valence-electron chi connectivity index (χ0n) is 19.5. The molecule has 9 heteroatoms. The molecule has 0 saturated carbocycles. The highest BCUT2D eigenvalue weighted by atomic mass is 16.7. The number of aliphatic carboxylic acids is 1. The zero-order chi connectivity index (χ0) is 23.1. The van der Waals surface area contributed by atoms with Crippen LogP contribution in [0.4, 0.5) is 0 Å². The van der Waals surface area contributed by atoms with Crippen LogP contribution in [0.5, 0.6) is 0 Å². The molecular formula is C22H41NO8. The highest BCUT2D eigenvalue weighted by Crippen LogP contribution is 2.28. The molecule has 1 amide bonds. The van der Waals surface area contributed by atoms with Crippen molar-refractivity contribution in [3.63, 3.8) is 0 Å². The van der Waals surface area contributed by atoms with Crippen LogP contribution in [0.15, 0.2) is 0 Å². The molecule has 0 aliphatic carbocycles. The minimum atomic E-state index is -1.10. The minimum absolute atomic E-state index is 0.268. The molecule has 0 spiro atoms. The van der Waals surface area contributed by atoms with E-state index in [9.17, 15) is 14.7 Å². The fraction of sp³-hybridized carbons (Fsp3) is 0.909.